The number of anilines is 1. The van der Waals surface area contributed by atoms with Gasteiger partial charge in [0.1, 0.15) is 23.7 Å². The number of thiocarbonyl (C=S) groups is 1. The average molecular weight is 537 g/mol. The molecule has 3 aromatic rings. The summed E-state index contributed by atoms with van der Waals surface area (Å²) in [5, 5.41) is 6.84. The second kappa shape index (κ2) is 12.1. The Morgan fingerprint density at radius 2 is 1.72 bits per heavy atom. The Morgan fingerprint density at radius 1 is 1.03 bits per heavy atom. The average Bonchev–Trinajstić information content (AvgIpc) is 2.82. The topological polar surface area (TPSA) is 96.4 Å². The van der Waals surface area contributed by atoms with Crippen LogP contribution in [0.5, 0.6) is 5.75 Å². The summed E-state index contributed by atoms with van der Waals surface area (Å²) in [7, 11) is 0. The molecule has 0 aliphatic heterocycles. The van der Waals surface area contributed by atoms with Gasteiger partial charge < -0.3 is 15.8 Å². The van der Waals surface area contributed by atoms with E-state index in [-0.39, 0.29) is 27.4 Å². The molecule has 0 spiro atoms. The number of alkyl halides is 3. The highest BCUT2D eigenvalue weighted by atomic mass is 35.5. The zero-order chi connectivity index (χ0) is 26.1. The molecule has 3 rings (SSSR count). The summed E-state index contributed by atoms with van der Waals surface area (Å²) in [6.45, 7) is 0. The molecule has 0 radical (unpaired) electrons. The normalized spacial score (nSPS) is 12.2. The number of para-hydroxylation sites is 1. The molecule has 0 unspecified atom stereocenters. The number of nitrogens with zero attached hydrogens (tertiary/aromatic N) is 3. The van der Waals surface area contributed by atoms with Crippen molar-refractivity contribution in [3.05, 3.63) is 88.7 Å². The Kier molecular flexibility index (Phi) is 8.92. The van der Waals surface area contributed by atoms with Gasteiger partial charge in [0.2, 0.25) is 0 Å². The molecule has 0 bridgehead atoms. The second-order valence-electron chi connectivity index (χ2n) is 6.84. The van der Waals surface area contributed by atoms with E-state index in [1.165, 1.54) is 42.9 Å². The number of halogens is 5. The van der Waals surface area contributed by atoms with Crippen LogP contribution >= 0.6 is 23.8 Å². The highest BCUT2D eigenvalue weighted by molar-refractivity contribution is 7.80. The summed E-state index contributed by atoms with van der Waals surface area (Å²) in [5.41, 5.74) is 10.2. The van der Waals surface area contributed by atoms with Crippen molar-refractivity contribution in [2.45, 2.75) is 6.36 Å². The first-order chi connectivity index (χ1) is 17.1. The number of benzene rings is 3. The largest absolute Gasteiger partial charge is 0.573 e. The fourth-order valence-corrected chi connectivity index (χ4v) is 3.00. The predicted octanol–water partition coefficient (Wildman–Crippen LogP) is 5.76. The van der Waals surface area contributed by atoms with Gasteiger partial charge in [-0.25, -0.2) is 14.4 Å². The van der Waals surface area contributed by atoms with Crippen LogP contribution in [-0.4, -0.2) is 29.9 Å². The summed E-state index contributed by atoms with van der Waals surface area (Å²) >= 11 is 11.0. The molecule has 7 nitrogen and oxygen atoms in total. The van der Waals surface area contributed by atoms with Gasteiger partial charge in [0.15, 0.2) is 5.11 Å². The van der Waals surface area contributed by atoms with Crippen LogP contribution in [0.3, 0.4) is 0 Å². The summed E-state index contributed by atoms with van der Waals surface area (Å²) in [5.74, 6) is -0.732. The second-order valence-corrected chi connectivity index (χ2v) is 7.66. The third-order valence-corrected chi connectivity index (χ3v) is 4.77. The van der Waals surface area contributed by atoms with Gasteiger partial charge in [-0.3, -0.25) is 5.43 Å². The van der Waals surface area contributed by atoms with Crippen molar-refractivity contribution >= 4 is 58.7 Å². The molecule has 0 fully saturated rings. The number of nitrogens with two attached hydrogens (primary N) is 1. The van der Waals surface area contributed by atoms with Crippen molar-refractivity contribution in [2.75, 3.05) is 5.32 Å². The van der Waals surface area contributed by atoms with Gasteiger partial charge in [0.05, 0.1) is 22.6 Å². The zero-order valence-corrected chi connectivity index (χ0v) is 19.7. The van der Waals surface area contributed by atoms with Crippen molar-refractivity contribution in [3.8, 4) is 5.75 Å². The molecule has 0 amide bonds. The predicted molar refractivity (Wildman–Crippen MR) is 137 cm³/mol. The van der Waals surface area contributed by atoms with Crippen molar-refractivity contribution in [3.63, 3.8) is 0 Å². The Hall–Kier alpha value is -4.03. The van der Waals surface area contributed by atoms with E-state index in [1.807, 2.05) is 0 Å². The quantitative estimate of drug-likeness (QED) is 0.117. The number of aliphatic imine (C=N–C) groups is 2. The van der Waals surface area contributed by atoms with E-state index in [1.54, 1.807) is 24.3 Å². The minimum absolute atomic E-state index is 0.0435. The van der Waals surface area contributed by atoms with Gasteiger partial charge in [-0.2, -0.15) is 5.10 Å². The number of hydrogen-bond donors (Lipinski definition) is 3. The first kappa shape index (κ1) is 26.6. The van der Waals surface area contributed by atoms with Gasteiger partial charge in [-0.15, -0.1) is 13.2 Å². The molecule has 0 saturated carbocycles. The smallest absolute Gasteiger partial charge is 0.406 e. The number of ether oxygens (including phenoxy) is 1. The minimum atomic E-state index is -4.76. The molecule has 0 aromatic heterocycles. The van der Waals surface area contributed by atoms with Crippen LogP contribution in [0, 0.1) is 5.82 Å². The van der Waals surface area contributed by atoms with Crippen molar-refractivity contribution in [2.24, 2.45) is 20.8 Å². The molecule has 4 N–H and O–H groups in total. The highest BCUT2D eigenvalue weighted by Crippen LogP contribution is 2.25. The number of hydrogen-bond acceptors (Lipinski definition) is 4. The molecule has 0 saturated heterocycles. The zero-order valence-electron chi connectivity index (χ0n) is 18.1. The number of hydrazone groups is 1. The number of nitrogens with one attached hydrogen (secondary N) is 2. The van der Waals surface area contributed by atoms with E-state index in [4.69, 9.17) is 29.6 Å². The standard InChI is InChI=1S/C23H17ClF4N6OS/c24-18-2-1-3-19(25)20(18)33-22(36)34-32-12-14-4-6-15(7-5-14)21(29)31-13-30-16-8-10-17(11-9-16)35-23(26,27)28/h1-13H,(H2,29,30,31)(H2,33,34,36)/b32-12+. The van der Waals surface area contributed by atoms with Crippen LogP contribution in [0.15, 0.2) is 81.8 Å². The molecule has 13 heteroatoms. The number of rotatable bonds is 7. The molecule has 0 aliphatic rings. The molecule has 3 aromatic carbocycles. The van der Waals surface area contributed by atoms with Gasteiger partial charge >= 0.3 is 6.36 Å². The van der Waals surface area contributed by atoms with Crippen molar-refractivity contribution < 1.29 is 22.3 Å². The first-order valence-corrected chi connectivity index (χ1v) is 10.8. The third kappa shape index (κ3) is 8.32. The summed E-state index contributed by atoms with van der Waals surface area (Å²) in [4.78, 5) is 8.04. The fraction of sp³-hybridized carbons (Fsp3) is 0.0435. The van der Waals surface area contributed by atoms with Crippen LogP contribution in [0.2, 0.25) is 5.02 Å². The van der Waals surface area contributed by atoms with Crippen LogP contribution < -0.4 is 21.2 Å². The maximum Gasteiger partial charge on any atom is 0.573 e. The monoisotopic (exact) mass is 536 g/mol. The van der Waals surface area contributed by atoms with Crippen molar-refractivity contribution in [1.82, 2.24) is 5.43 Å². The van der Waals surface area contributed by atoms with E-state index in [0.717, 1.165) is 12.1 Å². The SMILES string of the molecule is NC(=NC=Nc1ccc(OC(F)(F)F)cc1)c1ccc(/C=N/NC(=S)Nc2c(F)cccc2Cl)cc1. The lowest BCUT2D eigenvalue weighted by Gasteiger charge is -2.09. The minimum Gasteiger partial charge on any atom is -0.406 e. The Labute approximate surface area is 213 Å². The van der Waals surface area contributed by atoms with E-state index in [9.17, 15) is 17.6 Å². The van der Waals surface area contributed by atoms with Crippen LogP contribution in [0.4, 0.5) is 28.9 Å². The first-order valence-electron chi connectivity index (χ1n) is 9.97. The van der Waals surface area contributed by atoms with Gasteiger partial charge in [-0.05, 0) is 54.2 Å². The molecule has 0 aliphatic carbocycles. The van der Waals surface area contributed by atoms with Crippen LogP contribution in [0.25, 0.3) is 0 Å². The van der Waals surface area contributed by atoms with Crippen LogP contribution in [-0.2, 0) is 0 Å². The lowest BCUT2D eigenvalue weighted by molar-refractivity contribution is -0.274. The lowest BCUT2D eigenvalue weighted by atomic mass is 10.1. The Bertz CT molecular complexity index is 1280. The Morgan fingerprint density at radius 3 is 2.36 bits per heavy atom. The molecule has 0 atom stereocenters. The van der Waals surface area contributed by atoms with Gasteiger partial charge in [0, 0.05) is 5.56 Å². The van der Waals surface area contributed by atoms with E-state index in [2.05, 4.69) is 30.6 Å². The third-order valence-electron chi connectivity index (χ3n) is 4.26. The molecule has 36 heavy (non-hydrogen) atoms. The fourth-order valence-electron chi connectivity index (χ4n) is 2.63. The van der Waals surface area contributed by atoms with Gasteiger partial charge in [0.25, 0.3) is 0 Å². The van der Waals surface area contributed by atoms with Gasteiger partial charge in [-0.1, -0.05) is 41.9 Å². The van der Waals surface area contributed by atoms with E-state index >= 15 is 0 Å². The molecular formula is C23H17ClF4N6OS. The van der Waals surface area contributed by atoms with E-state index < -0.39 is 12.2 Å². The maximum atomic E-state index is 13.8. The lowest BCUT2D eigenvalue weighted by Crippen LogP contribution is -2.24. The summed E-state index contributed by atoms with van der Waals surface area (Å²) in [6, 6.07) is 16.1. The molecule has 0 heterocycles. The summed E-state index contributed by atoms with van der Waals surface area (Å²) in [6.07, 6.45) is -2.09. The molecular weight excluding hydrogens is 520 g/mol. The highest BCUT2D eigenvalue weighted by Gasteiger charge is 2.30. The molecule has 186 valence electrons. The summed E-state index contributed by atoms with van der Waals surface area (Å²) < 4.78 is 54.2. The number of amidine groups is 1. The van der Waals surface area contributed by atoms with Crippen molar-refractivity contribution in [1.29, 1.82) is 0 Å². The Balaban J connectivity index is 1.53. The van der Waals surface area contributed by atoms with Crippen LogP contribution in [0.1, 0.15) is 11.1 Å². The maximum absolute atomic E-state index is 13.8. The van der Waals surface area contributed by atoms with E-state index in [0.29, 0.717) is 16.8 Å².